The molecule has 5 nitrogen and oxygen atoms in total. The number of piperazine rings is 1. The molecule has 1 aliphatic heterocycles. The van der Waals surface area contributed by atoms with Crippen LogP contribution in [0, 0.1) is 5.92 Å². The van der Waals surface area contributed by atoms with E-state index < -0.39 is 12.1 Å². The SMILES string of the molecule is CC(C)CC(=O)OCCN1CCN(C(=O)C(F)(F)F)CC1. The summed E-state index contributed by atoms with van der Waals surface area (Å²) in [4.78, 5) is 25.1. The van der Waals surface area contributed by atoms with E-state index in [4.69, 9.17) is 4.74 Å². The Hall–Kier alpha value is -1.31. The summed E-state index contributed by atoms with van der Waals surface area (Å²) in [6.07, 6.45) is -4.46. The van der Waals surface area contributed by atoms with Crippen LogP contribution < -0.4 is 0 Å². The number of ether oxygens (including phenoxy) is 1. The van der Waals surface area contributed by atoms with Crippen molar-refractivity contribution in [3.63, 3.8) is 0 Å². The molecule has 1 saturated heterocycles. The van der Waals surface area contributed by atoms with Gasteiger partial charge in [-0.25, -0.2) is 0 Å². The predicted molar refractivity (Wildman–Crippen MR) is 69.5 cm³/mol. The number of nitrogens with zero attached hydrogens (tertiary/aromatic N) is 2. The van der Waals surface area contributed by atoms with Crippen molar-refractivity contribution >= 4 is 11.9 Å². The lowest BCUT2D eigenvalue weighted by Crippen LogP contribution is -2.52. The second-order valence-corrected chi connectivity index (χ2v) is 5.45. The summed E-state index contributed by atoms with van der Waals surface area (Å²) in [7, 11) is 0. The van der Waals surface area contributed by atoms with Crippen LogP contribution in [0.3, 0.4) is 0 Å². The molecular weight excluding hydrogens is 289 g/mol. The monoisotopic (exact) mass is 310 g/mol. The number of carbonyl (C=O) groups is 2. The van der Waals surface area contributed by atoms with Gasteiger partial charge in [-0.2, -0.15) is 13.2 Å². The van der Waals surface area contributed by atoms with Gasteiger partial charge in [0.15, 0.2) is 0 Å². The minimum atomic E-state index is -4.81. The van der Waals surface area contributed by atoms with E-state index in [1.807, 2.05) is 18.7 Å². The molecule has 0 N–H and O–H groups in total. The normalized spacial score (nSPS) is 17.1. The summed E-state index contributed by atoms with van der Waals surface area (Å²) in [6.45, 7) is 5.30. The lowest BCUT2D eigenvalue weighted by Gasteiger charge is -2.34. The fraction of sp³-hybridized carbons (Fsp3) is 0.846. The van der Waals surface area contributed by atoms with Crippen molar-refractivity contribution in [2.45, 2.75) is 26.4 Å². The van der Waals surface area contributed by atoms with Crippen LogP contribution in [0.1, 0.15) is 20.3 Å². The summed E-state index contributed by atoms with van der Waals surface area (Å²) in [6, 6.07) is 0. The fourth-order valence-electron chi connectivity index (χ4n) is 2.03. The maximum Gasteiger partial charge on any atom is 0.471 e. The molecule has 0 unspecified atom stereocenters. The third-order valence-electron chi connectivity index (χ3n) is 3.15. The van der Waals surface area contributed by atoms with Gasteiger partial charge in [0.1, 0.15) is 6.61 Å². The summed E-state index contributed by atoms with van der Waals surface area (Å²) in [5.74, 6) is -1.82. The number of amides is 1. The van der Waals surface area contributed by atoms with Crippen LogP contribution in [0.2, 0.25) is 0 Å². The van der Waals surface area contributed by atoms with Gasteiger partial charge in [0.05, 0.1) is 0 Å². The minimum Gasteiger partial charge on any atom is -0.464 e. The van der Waals surface area contributed by atoms with Gasteiger partial charge >= 0.3 is 18.1 Å². The first-order valence-corrected chi connectivity index (χ1v) is 6.94. The molecule has 1 aliphatic rings. The molecule has 0 aromatic heterocycles. The molecule has 0 saturated carbocycles. The van der Waals surface area contributed by atoms with Gasteiger partial charge in [-0.1, -0.05) is 13.8 Å². The van der Waals surface area contributed by atoms with E-state index >= 15 is 0 Å². The second kappa shape index (κ2) is 7.63. The smallest absolute Gasteiger partial charge is 0.464 e. The number of hydrogen-bond acceptors (Lipinski definition) is 4. The molecule has 0 atom stereocenters. The molecule has 8 heteroatoms. The Morgan fingerprint density at radius 1 is 1.14 bits per heavy atom. The van der Waals surface area contributed by atoms with Crippen LogP contribution in [0.4, 0.5) is 13.2 Å². The number of carbonyl (C=O) groups excluding carboxylic acids is 2. The molecule has 1 fully saturated rings. The number of halogens is 3. The molecule has 1 rings (SSSR count). The zero-order valence-corrected chi connectivity index (χ0v) is 12.3. The molecular formula is C13H21F3N2O3. The number of alkyl halides is 3. The first-order chi connectivity index (χ1) is 9.70. The van der Waals surface area contributed by atoms with Gasteiger partial charge in [-0.15, -0.1) is 0 Å². The average molecular weight is 310 g/mol. The van der Waals surface area contributed by atoms with Gasteiger partial charge < -0.3 is 9.64 Å². The number of hydrogen-bond donors (Lipinski definition) is 0. The van der Waals surface area contributed by atoms with E-state index in [0.29, 0.717) is 26.1 Å². The Morgan fingerprint density at radius 2 is 1.71 bits per heavy atom. The van der Waals surface area contributed by atoms with E-state index in [1.54, 1.807) is 0 Å². The van der Waals surface area contributed by atoms with Crippen LogP contribution >= 0.6 is 0 Å². The Labute approximate surface area is 122 Å². The van der Waals surface area contributed by atoms with Crippen molar-refractivity contribution in [1.29, 1.82) is 0 Å². The van der Waals surface area contributed by atoms with Crippen molar-refractivity contribution in [3.8, 4) is 0 Å². The van der Waals surface area contributed by atoms with Crippen molar-refractivity contribution in [1.82, 2.24) is 9.80 Å². The summed E-state index contributed by atoms with van der Waals surface area (Å²) in [5, 5.41) is 0. The zero-order chi connectivity index (χ0) is 16.0. The van der Waals surface area contributed by atoms with Crippen LogP contribution in [-0.4, -0.2) is 67.2 Å². The zero-order valence-electron chi connectivity index (χ0n) is 12.3. The molecule has 122 valence electrons. The van der Waals surface area contributed by atoms with Crippen molar-refractivity contribution < 1.29 is 27.5 Å². The first-order valence-electron chi connectivity index (χ1n) is 6.94. The largest absolute Gasteiger partial charge is 0.471 e. The van der Waals surface area contributed by atoms with E-state index in [1.165, 1.54) is 0 Å². The fourth-order valence-corrected chi connectivity index (χ4v) is 2.03. The molecule has 0 radical (unpaired) electrons. The lowest BCUT2D eigenvalue weighted by atomic mass is 10.1. The summed E-state index contributed by atoms with van der Waals surface area (Å²) < 4.78 is 41.8. The van der Waals surface area contributed by atoms with Gasteiger partial charge in [-0.3, -0.25) is 14.5 Å². The minimum absolute atomic E-state index is 0.0400. The first kappa shape index (κ1) is 17.7. The number of esters is 1. The van der Waals surface area contributed by atoms with Gasteiger partial charge in [-0.05, 0) is 5.92 Å². The third-order valence-corrected chi connectivity index (χ3v) is 3.15. The summed E-state index contributed by atoms with van der Waals surface area (Å²) in [5.41, 5.74) is 0. The Bertz CT molecular complexity index is 364. The highest BCUT2D eigenvalue weighted by atomic mass is 19.4. The molecule has 0 aromatic carbocycles. The van der Waals surface area contributed by atoms with Gasteiger partial charge in [0.2, 0.25) is 0 Å². The highest BCUT2D eigenvalue weighted by Gasteiger charge is 2.43. The van der Waals surface area contributed by atoms with Gasteiger partial charge in [0, 0.05) is 39.1 Å². The predicted octanol–water partition coefficient (Wildman–Crippen LogP) is 1.28. The van der Waals surface area contributed by atoms with E-state index in [0.717, 1.165) is 4.90 Å². The van der Waals surface area contributed by atoms with E-state index in [9.17, 15) is 22.8 Å². The second-order valence-electron chi connectivity index (χ2n) is 5.45. The van der Waals surface area contributed by atoms with E-state index in [2.05, 4.69) is 0 Å². The Balaban J connectivity index is 2.22. The Morgan fingerprint density at radius 3 is 2.19 bits per heavy atom. The van der Waals surface area contributed by atoms with Crippen molar-refractivity contribution in [3.05, 3.63) is 0 Å². The van der Waals surface area contributed by atoms with Crippen LogP contribution in [0.5, 0.6) is 0 Å². The molecule has 1 amide bonds. The van der Waals surface area contributed by atoms with Crippen molar-refractivity contribution in [2.24, 2.45) is 5.92 Å². The molecule has 0 aliphatic carbocycles. The van der Waals surface area contributed by atoms with Gasteiger partial charge in [0.25, 0.3) is 0 Å². The maximum atomic E-state index is 12.3. The standard InChI is InChI=1S/C13H21F3N2O3/c1-10(2)9-11(19)21-8-7-17-3-5-18(6-4-17)12(20)13(14,15)16/h10H,3-9H2,1-2H3. The molecule has 0 bridgehead atoms. The number of rotatable bonds is 5. The van der Waals surface area contributed by atoms with Crippen LogP contribution in [0.25, 0.3) is 0 Å². The topological polar surface area (TPSA) is 49.9 Å². The van der Waals surface area contributed by atoms with E-state index in [-0.39, 0.29) is 31.6 Å². The highest BCUT2D eigenvalue weighted by Crippen LogP contribution is 2.19. The summed E-state index contributed by atoms with van der Waals surface area (Å²) >= 11 is 0. The molecule has 21 heavy (non-hydrogen) atoms. The van der Waals surface area contributed by atoms with Crippen LogP contribution in [0.15, 0.2) is 0 Å². The molecule has 0 aromatic rings. The maximum absolute atomic E-state index is 12.3. The van der Waals surface area contributed by atoms with Crippen molar-refractivity contribution in [2.75, 3.05) is 39.3 Å². The quantitative estimate of drug-likeness (QED) is 0.718. The molecule has 0 spiro atoms. The lowest BCUT2D eigenvalue weighted by molar-refractivity contribution is -0.187. The van der Waals surface area contributed by atoms with Crippen LogP contribution in [-0.2, 0) is 14.3 Å². The highest BCUT2D eigenvalue weighted by molar-refractivity contribution is 5.81. The average Bonchev–Trinajstić information content (AvgIpc) is 2.36. The molecule has 1 heterocycles. The third kappa shape index (κ3) is 6.33. The Kier molecular flexibility index (Phi) is 6.44.